The third-order valence-corrected chi connectivity index (χ3v) is 4.31. The smallest absolute Gasteiger partial charge is 0.219 e. The number of rotatable bonds is 2. The minimum absolute atomic E-state index is 0.226. The second-order valence-electron chi connectivity index (χ2n) is 5.32. The molecule has 0 radical (unpaired) electrons. The van der Waals surface area contributed by atoms with Gasteiger partial charge in [-0.2, -0.15) is 0 Å². The van der Waals surface area contributed by atoms with Crippen molar-refractivity contribution in [1.29, 1.82) is 0 Å². The molecule has 1 saturated heterocycles. The summed E-state index contributed by atoms with van der Waals surface area (Å²) < 4.78 is 6.46. The molecule has 24 heavy (non-hydrogen) atoms. The first kappa shape index (κ1) is 15.4. The van der Waals surface area contributed by atoms with E-state index in [1.165, 1.54) is 0 Å². The quantitative estimate of drug-likeness (QED) is 0.605. The predicted molar refractivity (Wildman–Crippen MR) is 98.5 cm³/mol. The number of aromatic nitrogens is 5. The van der Waals surface area contributed by atoms with E-state index in [0.29, 0.717) is 19.0 Å². The Morgan fingerprint density at radius 2 is 1.79 bits per heavy atom. The Hall–Kier alpha value is -2.14. The third kappa shape index (κ3) is 2.96. The van der Waals surface area contributed by atoms with Crippen LogP contribution in [0.15, 0.2) is 24.7 Å². The van der Waals surface area contributed by atoms with Crippen LogP contribution < -0.4 is 10.6 Å². The van der Waals surface area contributed by atoms with Gasteiger partial charge in [0.05, 0.1) is 24.3 Å². The van der Waals surface area contributed by atoms with Gasteiger partial charge in [-0.1, -0.05) is 0 Å². The first-order chi connectivity index (χ1) is 11.7. The molecule has 0 aromatic carbocycles. The number of morpholine rings is 1. The fourth-order valence-corrected chi connectivity index (χ4v) is 2.99. The van der Waals surface area contributed by atoms with Gasteiger partial charge in [-0.05, 0) is 28.7 Å². The van der Waals surface area contributed by atoms with Crippen LogP contribution in [0.5, 0.6) is 0 Å². The summed E-state index contributed by atoms with van der Waals surface area (Å²) >= 11 is 2.23. The summed E-state index contributed by atoms with van der Waals surface area (Å²) in [5.41, 5.74) is 7.87. The van der Waals surface area contributed by atoms with Crippen molar-refractivity contribution in [1.82, 2.24) is 24.9 Å². The van der Waals surface area contributed by atoms with E-state index in [-0.39, 0.29) is 5.95 Å². The van der Waals surface area contributed by atoms with Gasteiger partial charge in [-0.15, -0.1) is 0 Å². The van der Waals surface area contributed by atoms with Crippen molar-refractivity contribution in [2.45, 2.75) is 0 Å². The molecule has 0 unspecified atom stereocenters. The highest BCUT2D eigenvalue weighted by molar-refractivity contribution is 14.1. The second-order valence-corrected chi connectivity index (χ2v) is 6.57. The summed E-state index contributed by atoms with van der Waals surface area (Å²) in [6.45, 7) is 2.90. The maximum absolute atomic E-state index is 5.57. The van der Waals surface area contributed by atoms with Crippen molar-refractivity contribution in [2.24, 2.45) is 0 Å². The number of hydrogen-bond donors (Lipinski definition) is 1. The first-order valence-electron chi connectivity index (χ1n) is 7.44. The lowest BCUT2D eigenvalue weighted by atomic mass is 10.2. The van der Waals surface area contributed by atoms with Crippen molar-refractivity contribution in [2.75, 3.05) is 36.9 Å². The van der Waals surface area contributed by atoms with Crippen LogP contribution >= 0.6 is 22.6 Å². The molecule has 122 valence electrons. The Labute approximate surface area is 151 Å². The van der Waals surface area contributed by atoms with Crippen LogP contribution in [0.3, 0.4) is 0 Å². The summed E-state index contributed by atoms with van der Waals surface area (Å²) in [7, 11) is 0. The van der Waals surface area contributed by atoms with E-state index in [1.54, 1.807) is 12.4 Å². The highest BCUT2D eigenvalue weighted by Gasteiger charge is 2.19. The molecule has 3 aromatic rings. The number of ether oxygens (including phenoxy) is 1. The molecule has 0 saturated carbocycles. The van der Waals surface area contributed by atoms with Gasteiger partial charge in [0.25, 0.3) is 0 Å². The van der Waals surface area contributed by atoms with Crippen molar-refractivity contribution < 1.29 is 4.74 Å². The molecule has 0 amide bonds. The monoisotopic (exact) mass is 435 g/mol. The Morgan fingerprint density at radius 1 is 1.04 bits per heavy atom. The summed E-state index contributed by atoms with van der Waals surface area (Å²) in [5.74, 6) is 1.60. The van der Waals surface area contributed by atoms with Crippen LogP contribution in [0.4, 0.5) is 11.8 Å². The van der Waals surface area contributed by atoms with Gasteiger partial charge in [0, 0.05) is 35.3 Å². The van der Waals surface area contributed by atoms with Crippen LogP contribution in [-0.4, -0.2) is 51.2 Å². The Bertz CT molecular complexity index is 881. The van der Waals surface area contributed by atoms with Gasteiger partial charge in [0.1, 0.15) is 5.52 Å². The Morgan fingerprint density at radius 3 is 2.54 bits per heavy atom. The fraction of sp³-hybridized carbons (Fsp3) is 0.267. The maximum atomic E-state index is 5.57. The normalized spacial score (nSPS) is 15.0. The van der Waals surface area contributed by atoms with Crippen molar-refractivity contribution in [3.8, 4) is 11.4 Å². The average Bonchev–Trinajstić information content (AvgIpc) is 2.62. The van der Waals surface area contributed by atoms with Gasteiger partial charge in [-0.25, -0.2) is 24.9 Å². The number of fused-ring (bicyclic) bond motifs is 1. The molecule has 1 fully saturated rings. The van der Waals surface area contributed by atoms with Gasteiger partial charge < -0.3 is 15.4 Å². The zero-order valence-corrected chi connectivity index (χ0v) is 14.8. The van der Waals surface area contributed by atoms with Crippen LogP contribution in [0.2, 0.25) is 0 Å². The fourth-order valence-electron chi connectivity index (χ4n) is 2.56. The van der Waals surface area contributed by atoms with E-state index < -0.39 is 0 Å². The topological polar surface area (TPSA) is 103 Å². The molecule has 4 heterocycles. The number of pyridine rings is 1. The molecule has 0 bridgehead atoms. The zero-order chi connectivity index (χ0) is 16.5. The van der Waals surface area contributed by atoms with E-state index in [2.05, 4.69) is 47.4 Å². The lowest BCUT2D eigenvalue weighted by Crippen LogP contribution is -2.37. The van der Waals surface area contributed by atoms with Crippen molar-refractivity contribution in [3.63, 3.8) is 0 Å². The maximum Gasteiger partial charge on any atom is 0.219 e. The van der Waals surface area contributed by atoms with Crippen molar-refractivity contribution >= 4 is 45.4 Å². The minimum atomic E-state index is 0.226. The third-order valence-electron chi connectivity index (χ3n) is 3.72. The SMILES string of the molecule is Nc1ncc(-c2nc(N3CCOCC3)c3ncc(I)cc3n2)cn1. The van der Waals surface area contributed by atoms with Crippen molar-refractivity contribution in [3.05, 3.63) is 28.2 Å². The second kappa shape index (κ2) is 6.40. The highest BCUT2D eigenvalue weighted by Crippen LogP contribution is 2.27. The molecule has 9 heteroatoms. The standard InChI is InChI=1S/C15H14IN7O/c16-10-5-11-12(18-8-10)14(23-1-3-24-4-2-23)22-13(21-11)9-6-19-15(17)20-7-9/h5-8H,1-4H2,(H2,17,19,20). The van der Waals surface area contributed by atoms with E-state index in [4.69, 9.17) is 15.5 Å². The summed E-state index contributed by atoms with van der Waals surface area (Å²) in [6, 6.07) is 2.00. The van der Waals surface area contributed by atoms with E-state index >= 15 is 0 Å². The molecule has 0 atom stereocenters. The van der Waals surface area contributed by atoms with E-state index in [1.807, 2.05) is 12.3 Å². The molecule has 0 aliphatic carbocycles. The zero-order valence-electron chi connectivity index (χ0n) is 12.7. The van der Waals surface area contributed by atoms with Crippen LogP contribution in [0, 0.1) is 3.57 Å². The summed E-state index contributed by atoms with van der Waals surface area (Å²) in [6.07, 6.45) is 5.09. The number of nitrogen functional groups attached to an aromatic ring is 1. The molecule has 4 rings (SSSR count). The predicted octanol–water partition coefficient (Wildman–Crippen LogP) is 1.51. The molecule has 1 aliphatic heterocycles. The average molecular weight is 435 g/mol. The summed E-state index contributed by atoms with van der Waals surface area (Å²) in [4.78, 5) is 24.1. The van der Waals surface area contributed by atoms with Gasteiger partial charge >= 0.3 is 0 Å². The van der Waals surface area contributed by atoms with Gasteiger partial charge in [0.2, 0.25) is 5.95 Å². The number of anilines is 2. The Balaban J connectivity index is 1.89. The van der Waals surface area contributed by atoms with Crippen LogP contribution in [0.1, 0.15) is 0 Å². The number of halogens is 1. The Kier molecular flexibility index (Phi) is 4.10. The molecule has 1 aliphatic rings. The van der Waals surface area contributed by atoms with Gasteiger partial charge in [0.15, 0.2) is 11.6 Å². The van der Waals surface area contributed by atoms with Gasteiger partial charge in [-0.3, -0.25) is 0 Å². The molecule has 3 aromatic heterocycles. The molecule has 0 spiro atoms. The molecule has 8 nitrogen and oxygen atoms in total. The molecular formula is C15H14IN7O. The van der Waals surface area contributed by atoms with E-state index in [9.17, 15) is 0 Å². The number of hydrogen-bond acceptors (Lipinski definition) is 8. The molecule has 2 N–H and O–H groups in total. The van der Waals surface area contributed by atoms with Crippen LogP contribution in [0.25, 0.3) is 22.4 Å². The van der Waals surface area contributed by atoms with Crippen LogP contribution in [-0.2, 0) is 4.74 Å². The number of nitrogens with two attached hydrogens (primary N) is 1. The first-order valence-corrected chi connectivity index (χ1v) is 8.52. The largest absolute Gasteiger partial charge is 0.378 e. The van der Waals surface area contributed by atoms with E-state index in [0.717, 1.165) is 39.1 Å². The lowest BCUT2D eigenvalue weighted by molar-refractivity contribution is 0.122. The lowest BCUT2D eigenvalue weighted by Gasteiger charge is -2.28. The highest BCUT2D eigenvalue weighted by atomic mass is 127. The minimum Gasteiger partial charge on any atom is -0.378 e. The number of nitrogens with zero attached hydrogens (tertiary/aromatic N) is 6. The molecular weight excluding hydrogens is 421 g/mol. The summed E-state index contributed by atoms with van der Waals surface area (Å²) in [5, 5.41) is 0.